The highest BCUT2D eigenvalue weighted by Gasteiger charge is 2.15. The molecule has 4 nitrogen and oxygen atoms in total. The number of nitrogens with one attached hydrogen (secondary N) is 2. The van der Waals surface area contributed by atoms with Crippen LogP contribution in [0.4, 0.5) is 5.69 Å². The molecule has 2 aromatic heterocycles. The van der Waals surface area contributed by atoms with E-state index in [9.17, 15) is 4.79 Å². The Hall–Kier alpha value is -3.53. The molecule has 0 spiro atoms. The van der Waals surface area contributed by atoms with Crippen molar-refractivity contribution in [2.75, 3.05) is 5.32 Å². The summed E-state index contributed by atoms with van der Waals surface area (Å²) in [4.78, 5) is 16.4. The summed E-state index contributed by atoms with van der Waals surface area (Å²) in [5.41, 5.74) is 7.76. The topological polar surface area (TPSA) is 49.8 Å². The Kier molecular flexibility index (Phi) is 4.78. The number of para-hydroxylation sites is 1. The van der Waals surface area contributed by atoms with E-state index in [1.54, 1.807) is 0 Å². The molecule has 5 aromatic rings. The van der Waals surface area contributed by atoms with Crippen LogP contribution in [0.15, 0.2) is 60.7 Å². The van der Waals surface area contributed by atoms with Crippen molar-refractivity contribution < 1.29 is 4.79 Å². The molecule has 0 fully saturated rings. The van der Waals surface area contributed by atoms with E-state index in [1.807, 2.05) is 13.0 Å². The first-order valence-corrected chi connectivity index (χ1v) is 11.0. The van der Waals surface area contributed by atoms with E-state index >= 15 is 0 Å². The molecule has 0 atom stereocenters. The predicted molar refractivity (Wildman–Crippen MR) is 130 cm³/mol. The summed E-state index contributed by atoms with van der Waals surface area (Å²) in [5.74, 6) is 0.00415. The van der Waals surface area contributed by atoms with Crippen LogP contribution in [-0.2, 0) is 24.2 Å². The molecule has 5 rings (SSSR count). The molecule has 0 saturated carbocycles. The Morgan fingerprint density at radius 3 is 2.55 bits per heavy atom. The summed E-state index contributed by atoms with van der Waals surface area (Å²) < 4.78 is 2.32. The fraction of sp³-hybridized carbons (Fsp3) is 0.222. The highest BCUT2D eigenvalue weighted by Crippen LogP contribution is 2.31. The zero-order valence-corrected chi connectivity index (χ0v) is 18.3. The highest BCUT2D eigenvalue weighted by atomic mass is 16.1. The largest absolute Gasteiger partial charge is 0.358 e. The van der Waals surface area contributed by atoms with Crippen molar-refractivity contribution in [3.05, 3.63) is 77.5 Å². The molecule has 2 heterocycles. The number of fused-ring (bicyclic) bond motifs is 4. The minimum absolute atomic E-state index is 0.00415. The third-order valence-corrected chi connectivity index (χ3v) is 6.30. The number of aromatic nitrogens is 2. The van der Waals surface area contributed by atoms with Gasteiger partial charge in [-0.3, -0.25) is 4.79 Å². The highest BCUT2D eigenvalue weighted by molar-refractivity contribution is 6.10. The van der Waals surface area contributed by atoms with Gasteiger partial charge in [0.1, 0.15) is 0 Å². The zero-order valence-electron chi connectivity index (χ0n) is 18.3. The molecule has 0 bridgehead atoms. The Morgan fingerprint density at radius 1 is 0.935 bits per heavy atom. The van der Waals surface area contributed by atoms with E-state index in [-0.39, 0.29) is 5.91 Å². The van der Waals surface area contributed by atoms with Crippen molar-refractivity contribution in [1.29, 1.82) is 0 Å². The van der Waals surface area contributed by atoms with Gasteiger partial charge in [0, 0.05) is 50.6 Å². The summed E-state index contributed by atoms with van der Waals surface area (Å²) in [6.45, 7) is 7.27. The lowest BCUT2D eigenvalue weighted by atomic mass is 10.0. The summed E-state index contributed by atoms with van der Waals surface area (Å²) in [6, 6.07) is 21.1. The summed E-state index contributed by atoms with van der Waals surface area (Å²) in [6.07, 6.45) is 1.34. The van der Waals surface area contributed by atoms with Crippen molar-refractivity contribution in [3.8, 4) is 0 Å². The molecule has 0 aliphatic rings. The molecular weight excluding hydrogens is 382 g/mol. The van der Waals surface area contributed by atoms with Crippen LogP contribution in [0.2, 0.25) is 0 Å². The smallest absolute Gasteiger partial charge is 0.228 e. The first-order chi connectivity index (χ1) is 15.1. The van der Waals surface area contributed by atoms with Gasteiger partial charge in [-0.25, -0.2) is 0 Å². The van der Waals surface area contributed by atoms with Crippen molar-refractivity contribution in [2.45, 2.75) is 40.2 Å². The second-order valence-electron chi connectivity index (χ2n) is 8.18. The second kappa shape index (κ2) is 7.62. The first kappa shape index (κ1) is 19.4. The van der Waals surface area contributed by atoms with Crippen molar-refractivity contribution >= 4 is 44.3 Å². The Bertz CT molecular complexity index is 1440. The molecule has 1 amide bonds. The molecule has 0 aliphatic carbocycles. The number of nitrogens with zero attached hydrogens (tertiary/aromatic N) is 1. The fourth-order valence-corrected chi connectivity index (χ4v) is 4.72. The number of H-pyrrole nitrogens is 1. The van der Waals surface area contributed by atoms with Gasteiger partial charge in [0.2, 0.25) is 5.91 Å². The Balaban J connectivity index is 1.46. The van der Waals surface area contributed by atoms with Crippen molar-refractivity contribution in [1.82, 2.24) is 9.55 Å². The van der Waals surface area contributed by atoms with Gasteiger partial charge >= 0.3 is 0 Å². The van der Waals surface area contributed by atoms with Crippen LogP contribution in [0.1, 0.15) is 30.7 Å². The number of amides is 1. The fourth-order valence-electron chi connectivity index (χ4n) is 4.72. The minimum Gasteiger partial charge on any atom is -0.358 e. The average Bonchev–Trinajstić information content (AvgIpc) is 3.27. The number of carbonyl (C=O) groups excluding carboxylic acids is 1. The van der Waals surface area contributed by atoms with E-state index < -0.39 is 0 Å². The Labute approximate surface area is 181 Å². The molecule has 156 valence electrons. The van der Waals surface area contributed by atoms with Gasteiger partial charge in [0.05, 0.1) is 6.42 Å². The minimum atomic E-state index is 0.00415. The monoisotopic (exact) mass is 409 g/mol. The molecule has 2 N–H and O–H groups in total. The van der Waals surface area contributed by atoms with Crippen LogP contribution in [0, 0.1) is 6.92 Å². The number of hydrogen-bond donors (Lipinski definition) is 2. The lowest BCUT2D eigenvalue weighted by molar-refractivity contribution is -0.115. The number of aryl methyl sites for hydroxylation is 3. The van der Waals surface area contributed by atoms with Gasteiger partial charge in [-0.15, -0.1) is 0 Å². The molecule has 0 aliphatic heterocycles. The number of aromatic amines is 1. The van der Waals surface area contributed by atoms with Crippen LogP contribution < -0.4 is 5.32 Å². The molecule has 3 aromatic carbocycles. The van der Waals surface area contributed by atoms with E-state index in [2.05, 4.69) is 83.3 Å². The van der Waals surface area contributed by atoms with Crippen LogP contribution in [0.3, 0.4) is 0 Å². The SMILES string of the molecule is CCc1ccc2[nH]c(C)c(CC(=O)Nc3ccc4c(c3)c3ccccc3n4CC)c2c1. The maximum absolute atomic E-state index is 13.0. The lowest BCUT2D eigenvalue weighted by Gasteiger charge is -2.08. The third-order valence-electron chi connectivity index (χ3n) is 6.30. The van der Waals surface area contributed by atoms with Crippen molar-refractivity contribution in [3.63, 3.8) is 0 Å². The quantitative estimate of drug-likeness (QED) is 0.349. The van der Waals surface area contributed by atoms with Crippen LogP contribution >= 0.6 is 0 Å². The molecule has 4 heteroatoms. The zero-order chi connectivity index (χ0) is 21.5. The molecule has 0 radical (unpaired) electrons. The lowest BCUT2D eigenvalue weighted by Crippen LogP contribution is -2.14. The summed E-state index contributed by atoms with van der Waals surface area (Å²) in [7, 11) is 0. The Morgan fingerprint density at radius 2 is 1.74 bits per heavy atom. The van der Waals surface area contributed by atoms with E-state index in [4.69, 9.17) is 0 Å². The van der Waals surface area contributed by atoms with E-state index in [0.717, 1.165) is 40.8 Å². The standard InChI is InChI=1S/C27H27N3O/c1-4-18-10-12-24-22(14-18)21(17(3)28-24)16-27(31)29-19-11-13-26-23(15-19)20-8-6-7-9-25(20)30(26)5-2/h6-15,28H,4-5,16H2,1-3H3,(H,29,31). The van der Waals surface area contributed by atoms with E-state index in [1.165, 1.54) is 27.4 Å². The number of rotatable bonds is 5. The number of carbonyl (C=O) groups is 1. The van der Waals surface area contributed by atoms with Gasteiger partial charge in [-0.1, -0.05) is 31.2 Å². The van der Waals surface area contributed by atoms with Gasteiger partial charge in [0.15, 0.2) is 0 Å². The number of hydrogen-bond acceptors (Lipinski definition) is 1. The van der Waals surface area contributed by atoms with Crippen LogP contribution in [-0.4, -0.2) is 15.5 Å². The maximum Gasteiger partial charge on any atom is 0.228 e. The molecule has 31 heavy (non-hydrogen) atoms. The number of anilines is 1. The van der Waals surface area contributed by atoms with E-state index in [0.29, 0.717) is 6.42 Å². The van der Waals surface area contributed by atoms with Crippen LogP contribution in [0.25, 0.3) is 32.7 Å². The summed E-state index contributed by atoms with van der Waals surface area (Å²) in [5, 5.41) is 6.66. The third kappa shape index (κ3) is 3.28. The first-order valence-electron chi connectivity index (χ1n) is 11.0. The van der Waals surface area contributed by atoms with Gasteiger partial charge < -0.3 is 14.9 Å². The average molecular weight is 410 g/mol. The molecular formula is C27H27N3O. The van der Waals surface area contributed by atoms with Gasteiger partial charge in [-0.2, -0.15) is 0 Å². The summed E-state index contributed by atoms with van der Waals surface area (Å²) >= 11 is 0. The van der Waals surface area contributed by atoms with Crippen molar-refractivity contribution in [2.24, 2.45) is 0 Å². The van der Waals surface area contributed by atoms with Gasteiger partial charge in [0.25, 0.3) is 0 Å². The number of benzene rings is 3. The molecule has 0 saturated heterocycles. The van der Waals surface area contributed by atoms with Gasteiger partial charge in [-0.05, 0) is 67.8 Å². The maximum atomic E-state index is 13.0. The van der Waals surface area contributed by atoms with Crippen LogP contribution in [0.5, 0.6) is 0 Å². The second-order valence-corrected chi connectivity index (χ2v) is 8.18. The molecule has 0 unspecified atom stereocenters. The normalized spacial score (nSPS) is 11.6. The predicted octanol–water partition coefficient (Wildman–Crippen LogP) is 6.35.